The molecule has 1 aromatic rings. The number of aliphatic imine (C=N–C) groups is 1. The van der Waals surface area contributed by atoms with Gasteiger partial charge in [-0.1, -0.05) is 0 Å². The monoisotopic (exact) mass is 209 g/mol. The predicted octanol–water partition coefficient (Wildman–Crippen LogP) is 0.458. The van der Waals surface area contributed by atoms with Crippen LogP contribution < -0.4 is 10.6 Å². The molecule has 0 saturated heterocycles. The van der Waals surface area contributed by atoms with Gasteiger partial charge in [0.15, 0.2) is 5.96 Å². The molecule has 5 heteroatoms. The van der Waals surface area contributed by atoms with E-state index in [2.05, 4.69) is 34.5 Å². The molecular weight excluding hydrogens is 190 g/mol. The van der Waals surface area contributed by atoms with Crippen LogP contribution in [0.1, 0.15) is 13.8 Å². The molecule has 84 valence electrons. The number of guanidine groups is 1. The van der Waals surface area contributed by atoms with E-state index < -0.39 is 0 Å². The first kappa shape index (κ1) is 11.6. The van der Waals surface area contributed by atoms with Crippen LogP contribution in [0.25, 0.3) is 0 Å². The van der Waals surface area contributed by atoms with Crippen LogP contribution in [-0.4, -0.2) is 35.1 Å². The van der Waals surface area contributed by atoms with E-state index in [0.717, 1.165) is 32.1 Å². The van der Waals surface area contributed by atoms with Gasteiger partial charge in [-0.3, -0.25) is 4.99 Å². The van der Waals surface area contributed by atoms with Crippen LogP contribution >= 0.6 is 0 Å². The van der Waals surface area contributed by atoms with Crippen molar-refractivity contribution in [3.05, 3.63) is 18.7 Å². The molecule has 0 aromatic carbocycles. The highest BCUT2D eigenvalue weighted by molar-refractivity contribution is 5.79. The molecule has 0 saturated carbocycles. The summed E-state index contributed by atoms with van der Waals surface area (Å²) in [7, 11) is 0. The van der Waals surface area contributed by atoms with Crippen LogP contribution in [0.15, 0.2) is 23.7 Å². The van der Waals surface area contributed by atoms with Gasteiger partial charge in [-0.15, -0.1) is 0 Å². The van der Waals surface area contributed by atoms with E-state index in [1.54, 1.807) is 12.5 Å². The van der Waals surface area contributed by atoms with Crippen LogP contribution in [0.2, 0.25) is 0 Å². The molecule has 0 aliphatic rings. The summed E-state index contributed by atoms with van der Waals surface area (Å²) in [6.45, 7) is 7.51. The minimum atomic E-state index is 0.756. The average Bonchev–Trinajstić information content (AvgIpc) is 2.71. The normalized spacial score (nSPS) is 9.73. The summed E-state index contributed by atoms with van der Waals surface area (Å²) in [5.74, 6) is 0.875. The lowest BCUT2D eigenvalue weighted by Gasteiger charge is -2.08. The smallest absolute Gasteiger partial charge is 0.191 e. The van der Waals surface area contributed by atoms with Crippen molar-refractivity contribution in [3.63, 3.8) is 0 Å². The molecule has 15 heavy (non-hydrogen) atoms. The zero-order chi connectivity index (χ0) is 10.9. The topological polar surface area (TPSA) is 54.2 Å². The zero-order valence-corrected chi connectivity index (χ0v) is 9.40. The van der Waals surface area contributed by atoms with Gasteiger partial charge in [0.05, 0.1) is 12.9 Å². The van der Waals surface area contributed by atoms with Crippen molar-refractivity contribution in [1.82, 2.24) is 20.2 Å². The molecule has 0 bridgehead atoms. The highest BCUT2D eigenvalue weighted by Crippen LogP contribution is 1.85. The van der Waals surface area contributed by atoms with Crippen LogP contribution in [-0.2, 0) is 6.54 Å². The van der Waals surface area contributed by atoms with E-state index >= 15 is 0 Å². The fourth-order valence-corrected chi connectivity index (χ4v) is 1.21. The standard InChI is InChI=1S/C10H19N5/c1-3-12-10(13-4-2)14-6-8-15-7-5-11-9-15/h5,7,9H,3-4,6,8H2,1-2H3,(H2,12,13,14). The van der Waals surface area contributed by atoms with Crippen LogP contribution in [0, 0.1) is 0 Å². The second-order valence-corrected chi connectivity index (χ2v) is 3.09. The second-order valence-electron chi connectivity index (χ2n) is 3.09. The SMILES string of the molecule is CCNC(=NCCn1ccnc1)NCC. The molecule has 5 nitrogen and oxygen atoms in total. The Labute approximate surface area is 90.6 Å². The number of rotatable bonds is 5. The number of imidazole rings is 1. The first-order valence-corrected chi connectivity index (χ1v) is 5.34. The predicted molar refractivity (Wildman–Crippen MR) is 61.9 cm³/mol. The zero-order valence-electron chi connectivity index (χ0n) is 9.40. The van der Waals surface area contributed by atoms with Gasteiger partial charge in [0.2, 0.25) is 0 Å². The van der Waals surface area contributed by atoms with Gasteiger partial charge < -0.3 is 15.2 Å². The van der Waals surface area contributed by atoms with E-state index in [-0.39, 0.29) is 0 Å². The summed E-state index contributed by atoms with van der Waals surface area (Å²) in [5, 5.41) is 6.36. The molecule has 1 aromatic heterocycles. The number of nitrogens with zero attached hydrogens (tertiary/aromatic N) is 3. The van der Waals surface area contributed by atoms with Gasteiger partial charge in [0.25, 0.3) is 0 Å². The number of hydrogen-bond donors (Lipinski definition) is 2. The van der Waals surface area contributed by atoms with Gasteiger partial charge in [-0.2, -0.15) is 0 Å². The molecule has 0 fully saturated rings. The summed E-state index contributed by atoms with van der Waals surface area (Å²) in [6.07, 6.45) is 5.52. The van der Waals surface area contributed by atoms with Crippen molar-refractivity contribution in [2.75, 3.05) is 19.6 Å². The van der Waals surface area contributed by atoms with Gasteiger partial charge in [-0.05, 0) is 13.8 Å². The van der Waals surface area contributed by atoms with E-state index in [9.17, 15) is 0 Å². The van der Waals surface area contributed by atoms with E-state index in [4.69, 9.17) is 0 Å². The molecule has 1 heterocycles. The number of hydrogen-bond acceptors (Lipinski definition) is 2. The van der Waals surface area contributed by atoms with Crippen LogP contribution in [0.4, 0.5) is 0 Å². The summed E-state index contributed by atoms with van der Waals surface area (Å²) in [5.41, 5.74) is 0. The Kier molecular flexibility index (Phi) is 5.29. The molecule has 0 radical (unpaired) electrons. The Morgan fingerprint density at radius 2 is 2.07 bits per heavy atom. The minimum Gasteiger partial charge on any atom is -0.357 e. The van der Waals surface area contributed by atoms with E-state index in [1.165, 1.54) is 0 Å². The van der Waals surface area contributed by atoms with Crippen molar-refractivity contribution in [2.24, 2.45) is 4.99 Å². The quantitative estimate of drug-likeness (QED) is 0.547. The highest BCUT2D eigenvalue weighted by Gasteiger charge is 1.93. The molecule has 0 aliphatic heterocycles. The minimum absolute atomic E-state index is 0.756. The van der Waals surface area contributed by atoms with Gasteiger partial charge >= 0.3 is 0 Å². The summed E-state index contributed by atoms with van der Waals surface area (Å²) in [6, 6.07) is 0. The largest absolute Gasteiger partial charge is 0.357 e. The fraction of sp³-hybridized carbons (Fsp3) is 0.600. The van der Waals surface area contributed by atoms with Crippen molar-refractivity contribution in [1.29, 1.82) is 0 Å². The fourth-order valence-electron chi connectivity index (χ4n) is 1.21. The van der Waals surface area contributed by atoms with Crippen molar-refractivity contribution >= 4 is 5.96 Å². The third-order valence-electron chi connectivity index (χ3n) is 1.88. The Bertz CT molecular complexity index is 270. The molecule has 1 rings (SSSR count). The van der Waals surface area contributed by atoms with E-state index in [0.29, 0.717) is 0 Å². The van der Waals surface area contributed by atoms with E-state index in [1.807, 2.05) is 10.8 Å². The summed E-state index contributed by atoms with van der Waals surface area (Å²) in [4.78, 5) is 8.40. The lowest BCUT2D eigenvalue weighted by molar-refractivity contribution is 0.700. The Balaban J connectivity index is 2.32. The maximum absolute atomic E-state index is 4.42. The van der Waals surface area contributed by atoms with Crippen molar-refractivity contribution in [3.8, 4) is 0 Å². The molecule has 2 N–H and O–H groups in total. The molecule has 0 spiro atoms. The molecule has 0 atom stereocenters. The first-order chi connectivity index (χ1) is 7.36. The van der Waals surface area contributed by atoms with Crippen molar-refractivity contribution in [2.45, 2.75) is 20.4 Å². The maximum atomic E-state index is 4.42. The number of aromatic nitrogens is 2. The molecule has 0 aliphatic carbocycles. The third kappa shape index (κ3) is 4.49. The summed E-state index contributed by atoms with van der Waals surface area (Å²) < 4.78 is 2.01. The van der Waals surface area contributed by atoms with Crippen molar-refractivity contribution < 1.29 is 0 Å². The maximum Gasteiger partial charge on any atom is 0.191 e. The van der Waals surface area contributed by atoms with Gasteiger partial charge in [-0.25, -0.2) is 4.98 Å². The highest BCUT2D eigenvalue weighted by atomic mass is 15.2. The second kappa shape index (κ2) is 6.86. The molecule has 0 unspecified atom stereocenters. The average molecular weight is 209 g/mol. The van der Waals surface area contributed by atoms with Crippen LogP contribution in [0.5, 0.6) is 0 Å². The van der Waals surface area contributed by atoms with Gasteiger partial charge in [0.1, 0.15) is 0 Å². The summed E-state index contributed by atoms with van der Waals surface area (Å²) >= 11 is 0. The Hall–Kier alpha value is -1.52. The Morgan fingerprint density at radius 3 is 2.60 bits per heavy atom. The molecular formula is C10H19N5. The lowest BCUT2D eigenvalue weighted by atomic mass is 10.6. The number of nitrogens with one attached hydrogen (secondary N) is 2. The van der Waals surface area contributed by atoms with Gasteiger partial charge in [0, 0.05) is 32.0 Å². The van der Waals surface area contributed by atoms with Crippen LogP contribution in [0.3, 0.4) is 0 Å². The molecule has 0 amide bonds. The Morgan fingerprint density at radius 1 is 1.33 bits per heavy atom. The third-order valence-corrected chi connectivity index (χ3v) is 1.88. The lowest BCUT2D eigenvalue weighted by Crippen LogP contribution is -2.37. The first-order valence-electron chi connectivity index (χ1n) is 5.34.